The van der Waals surface area contributed by atoms with Crippen LogP contribution < -0.4 is 5.32 Å². The van der Waals surface area contributed by atoms with E-state index >= 15 is 0 Å². The molecule has 0 saturated carbocycles. The van der Waals surface area contributed by atoms with Crippen LogP contribution in [-0.2, 0) is 11.2 Å². The van der Waals surface area contributed by atoms with Crippen LogP contribution in [0.3, 0.4) is 0 Å². The second kappa shape index (κ2) is 7.21. The SMILES string of the molecule is Cc1ccc(-c2csc(Cc3nc(-c4ccc5c(c4)[C@@H](C)C(=O)N5)cs3)n2)cc1. The molecule has 0 bridgehead atoms. The summed E-state index contributed by atoms with van der Waals surface area (Å²) in [7, 11) is 0. The molecule has 3 heterocycles. The van der Waals surface area contributed by atoms with E-state index in [0.29, 0.717) is 0 Å². The summed E-state index contributed by atoms with van der Waals surface area (Å²) in [6.45, 7) is 4.03. The fourth-order valence-corrected chi connectivity index (χ4v) is 5.19. The minimum atomic E-state index is -0.112. The Morgan fingerprint density at radius 2 is 1.55 bits per heavy atom. The largest absolute Gasteiger partial charge is 0.325 e. The predicted octanol–water partition coefficient (Wildman–Crippen LogP) is 5.89. The maximum Gasteiger partial charge on any atom is 0.231 e. The van der Waals surface area contributed by atoms with Crippen molar-refractivity contribution in [2.24, 2.45) is 0 Å². The summed E-state index contributed by atoms with van der Waals surface area (Å²) in [5, 5.41) is 9.23. The van der Waals surface area contributed by atoms with Gasteiger partial charge in [0.25, 0.3) is 0 Å². The number of anilines is 1. The molecule has 2 aromatic carbocycles. The average molecular weight is 418 g/mol. The van der Waals surface area contributed by atoms with Crippen molar-refractivity contribution in [1.82, 2.24) is 9.97 Å². The molecule has 1 atom stereocenters. The zero-order valence-electron chi connectivity index (χ0n) is 16.1. The van der Waals surface area contributed by atoms with Gasteiger partial charge < -0.3 is 5.32 Å². The molecular formula is C23H19N3OS2. The van der Waals surface area contributed by atoms with Gasteiger partial charge in [-0.05, 0) is 31.5 Å². The summed E-state index contributed by atoms with van der Waals surface area (Å²) >= 11 is 3.33. The van der Waals surface area contributed by atoms with Gasteiger partial charge in [-0.1, -0.05) is 35.9 Å². The minimum Gasteiger partial charge on any atom is -0.325 e. The highest BCUT2D eigenvalue weighted by molar-refractivity contribution is 7.11. The van der Waals surface area contributed by atoms with Crippen LogP contribution >= 0.6 is 22.7 Å². The average Bonchev–Trinajstić information content (AvgIpc) is 3.44. The summed E-state index contributed by atoms with van der Waals surface area (Å²) in [4.78, 5) is 21.5. The lowest BCUT2D eigenvalue weighted by Gasteiger charge is -2.03. The Hall–Kier alpha value is -2.83. The molecule has 2 aromatic heterocycles. The number of thiazole rings is 2. The van der Waals surface area contributed by atoms with Crippen molar-refractivity contribution in [2.75, 3.05) is 5.32 Å². The van der Waals surface area contributed by atoms with E-state index in [1.807, 2.05) is 19.1 Å². The van der Waals surface area contributed by atoms with Crippen molar-refractivity contribution in [3.63, 3.8) is 0 Å². The highest BCUT2D eigenvalue weighted by Crippen LogP contribution is 2.36. The van der Waals surface area contributed by atoms with Gasteiger partial charge in [0.15, 0.2) is 0 Å². The molecule has 5 rings (SSSR count). The molecular weight excluding hydrogens is 398 g/mol. The number of amides is 1. The summed E-state index contributed by atoms with van der Waals surface area (Å²) in [5.41, 5.74) is 7.38. The molecule has 0 spiro atoms. The number of hydrogen-bond acceptors (Lipinski definition) is 5. The summed E-state index contributed by atoms with van der Waals surface area (Å²) in [5.74, 6) is -0.0529. The third-order valence-corrected chi connectivity index (χ3v) is 6.92. The van der Waals surface area contributed by atoms with Crippen LogP contribution in [0.4, 0.5) is 5.69 Å². The van der Waals surface area contributed by atoms with Crippen LogP contribution in [0.15, 0.2) is 53.2 Å². The van der Waals surface area contributed by atoms with Gasteiger partial charge in [0.05, 0.1) is 23.7 Å². The molecule has 4 aromatic rings. The molecule has 0 aliphatic carbocycles. The number of carbonyl (C=O) groups excluding carboxylic acids is 1. The van der Waals surface area contributed by atoms with Crippen molar-refractivity contribution in [3.8, 4) is 22.5 Å². The Morgan fingerprint density at radius 3 is 2.24 bits per heavy atom. The summed E-state index contributed by atoms with van der Waals surface area (Å²) in [6, 6.07) is 14.5. The molecule has 0 fully saturated rings. The van der Waals surface area contributed by atoms with Crippen molar-refractivity contribution in [1.29, 1.82) is 0 Å². The number of benzene rings is 2. The number of hydrogen-bond donors (Lipinski definition) is 1. The number of aryl methyl sites for hydroxylation is 1. The van der Waals surface area contributed by atoms with Gasteiger partial charge in [0, 0.05) is 27.6 Å². The molecule has 0 radical (unpaired) electrons. The van der Waals surface area contributed by atoms with Gasteiger partial charge in [0.2, 0.25) is 5.91 Å². The lowest BCUT2D eigenvalue weighted by Crippen LogP contribution is -2.08. The molecule has 4 nitrogen and oxygen atoms in total. The van der Waals surface area contributed by atoms with Gasteiger partial charge in [-0.3, -0.25) is 4.79 Å². The quantitative estimate of drug-likeness (QED) is 0.450. The third kappa shape index (κ3) is 3.50. The van der Waals surface area contributed by atoms with Crippen LogP contribution in [0.2, 0.25) is 0 Å². The Morgan fingerprint density at radius 1 is 0.931 bits per heavy atom. The first-order valence-corrected chi connectivity index (χ1v) is 11.2. The van der Waals surface area contributed by atoms with Crippen LogP contribution in [0, 0.1) is 6.92 Å². The maximum absolute atomic E-state index is 11.9. The molecule has 6 heteroatoms. The number of fused-ring (bicyclic) bond motifs is 1. The minimum absolute atomic E-state index is 0.0595. The van der Waals surface area contributed by atoms with Gasteiger partial charge in [0.1, 0.15) is 10.0 Å². The summed E-state index contributed by atoms with van der Waals surface area (Å²) < 4.78 is 0. The second-order valence-corrected chi connectivity index (χ2v) is 9.19. The first-order valence-electron chi connectivity index (χ1n) is 9.48. The molecule has 144 valence electrons. The zero-order valence-corrected chi connectivity index (χ0v) is 17.7. The lowest BCUT2D eigenvalue weighted by molar-refractivity contribution is -0.116. The number of rotatable bonds is 4. The fourth-order valence-electron chi connectivity index (χ4n) is 3.48. The Labute approximate surface area is 177 Å². The van der Waals surface area contributed by atoms with Crippen LogP contribution in [0.5, 0.6) is 0 Å². The Bertz CT molecular complexity index is 1210. The van der Waals surface area contributed by atoms with E-state index in [1.54, 1.807) is 22.7 Å². The zero-order chi connectivity index (χ0) is 20.0. The van der Waals surface area contributed by atoms with Gasteiger partial charge in [-0.25, -0.2) is 9.97 Å². The standard InChI is InChI=1S/C23H19N3OS2/c1-13-3-5-15(6-4-13)19-11-28-21(24-19)10-22-25-20(12-29-22)16-7-8-18-17(9-16)14(2)23(27)26-18/h3-9,11-12,14H,10H2,1-2H3,(H,26,27)/t14-/m1/s1. The monoisotopic (exact) mass is 417 g/mol. The highest BCUT2D eigenvalue weighted by Gasteiger charge is 2.26. The van der Waals surface area contributed by atoms with E-state index in [9.17, 15) is 4.79 Å². The number of nitrogens with one attached hydrogen (secondary N) is 1. The van der Waals surface area contributed by atoms with Gasteiger partial charge >= 0.3 is 0 Å². The third-order valence-electron chi connectivity index (χ3n) is 5.22. The van der Waals surface area contributed by atoms with Gasteiger partial charge in [-0.2, -0.15) is 0 Å². The molecule has 1 aliphatic heterocycles. The number of aromatic nitrogens is 2. The maximum atomic E-state index is 11.9. The highest BCUT2D eigenvalue weighted by atomic mass is 32.1. The van der Waals surface area contributed by atoms with Gasteiger partial charge in [-0.15, -0.1) is 22.7 Å². The second-order valence-electron chi connectivity index (χ2n) is 7.31. The van der Waals surface area contributed by atoms with E-state index in [0.717, 1.165) is 50.2 Å². The van der Waals surface area contributed by atoms with Crippen molar-refractivity contribution < 1.29 is 4.79 Å². The van der Waals surface area contributed by atoms with Crippen molar-refractivity contribution in [3.05, 3.63) is 74.4 Å². The van der Waals surface area contributed by atoms with E-state index in [4.69, 9.17) is 9.97 Å². The van der Waals surface area contributed by atoms with Crippen LogP contribution in [0.1, 0.15) is 34.0 Å². The first kappa shape index (κ1) is 18.2. The van der Waals surface area contributed by atoms with Crippen LogP contribution in [0.25, 0.3) is 22.5 Å². The topological polar surface area (TPSA) is 54.9 Å². The molecule has 0 saturated heterocycles. The number of nitrogens with zero attached hydrogens (tertiary/aromatic N) is 2. The van der Waals surface area contributed by atoms with E-state index < -0.39 is 0 Å². The molecule has 1 N–H and O–H groups in total. The molecule has 1 amide bonds. The summed E-state index contributed by atoms with van der Waals surface area (Å²) in [6.07, 6.45) is 0.739. The van der Waals surface area contributed by atoms with Crippen LogP contribution in [-0.4, -0.2) is 15.9 Å². The fraction of sp³-hybridized carbons (Fsp3) is 0.174. The first-order chi connectivity index (χ1) is 14.1. The predicted molar refractivity (Wildman–Crippen MR) is 120 cm³/mol. The smallest absolute Gasteiger partial charge is 0.231 e. The van der Waals surface area contributed by atoms with E-state index in [-0.39, 0.29) is 11.8 Å². The normalized spacial score (nSPS) is 15.4. The van der Waals surface area contributed by atoms with E-state index in [1.165, 1.54) is 5.56 Å². The Kier molecular flexibility index (Phi) is 4.53. The molecule has 1 aliphatic rings. The number of carbonyl (C=O) groups is 1. The van der Waals surface area contributed by atoms with Crippen molar-refractivity contribution in [2.45, 2.75) is 26.2 Å². The molecule has 29 heavy (non-hydrogen) atoms. The lowest BCUT2D eigenvalue weighted by atomic mass is 10.00. The molecule has 0 unspecified atom stereocenters. The Balaban J connectivity index is 1.35. The van der Waals surface area contributed by atoms with E-state index in [2.05, 4.69) is 53.3 Å². The van der Waals surface area contributed by atoms with Crippen molar-refractivity contribution >= 4 is 34.3 Å².